The lowest BCUT2D eigenvalue weighted by atomic mass is 10.8. The third-order valence-electron chi connectivity index (χ3n) is 0.464. The van der Waals surface area contributed by atoms with Gasteiger partial charge < -0.3 is 10.6 Å². The van der Waals surface area contributed by atoms with Gasteiger partial charge in [-0.3, -0.25) is 5.41 Å². The van der Waals surface area contributed by atoms with Crippen molar-refractivity contribution < 1.29 is 9.63 Å². The Bertz CT molecular complexity index is 134. The number of carbonyl (C=O) groups excluding carboxylic acids is 1. The van der Waals surface area contributed by atoms with Crippen molar-refractivity contribution in [2.45, 2.75) is 6.92 Å². The van der Waals surface area contributed by atoms with Crippen molar-refractivity contribution in [1.29, 1.82) is 5.41 Å². The number of rotatable bonds is 0. The molecule has 0 aromatic carbocycles. The van der Waals surface area contributed by atoms with Gasteiger partial charge in [-0.05, 0) is 0 Å². The second-order valence-corrected chi connectivity index (χ2v) is 1.29. The van der Waals surface area contributed by atoms with E-state index in [4.69, 9.17) is 17.0 Å². The van der Waals surface area contributed by atoms with Gasteiger partial charge in [0.05, 0.1) is 0 Å². The predicted octanol–water partition coefficient (Wildman–Crippen LogP) is -1.47. The lowest BCUT2D eigenvalue weighted by Gasteiger charge is -2.11. The van der Waals surface area contributed by atoms with Gasteiger partial charge in [-0.25, -0.2) is 10.6 Å². The zero-order valence-corrected chi connectivity index (χ0v) is 4.92. The number of nitrogens with two attached hydrogens (primary N) is 2. The van der Waals surface area contributed by atoms with E-state index < -0.39 is 11.9 Å². The van der Waals surface area contributed by atoms with Crippen molar-refractivity contribution in [3.05, 3.63) is 0 Å². The maximum Gasteiger partial charge on any atom is 0.331 e. The Labute approximate surface area is 51.8 Å². The van der Waals surface area contributed by atoms with E-state index in [-0.39, 0.29) is 0 Å². The van der Waals surface area contributed by atoms with Crippen LogP contribution in [0.1, 0.15) is 6.92 Å². The van der Waals surface area contributed by atoms with Crippen LogP contribution in [0.3, 0.4) is 0 Å². The molecule has 0 bridgehead atoms. The Balaban J connectivity index is 3.63. The van der Waals surface area contributed by atoms with E-state index >= 15 is 0 Å². The summed E-state index contributed by atoms with van der Waals surface area (Å²) in [7, 11) is 0. The maximum atomic E-state index is 10.1. The first-order chi connectivity index (χ1) is 4.04. The summed E-state index contributed by atoms with van der Waals surface area (Å²) < 4.78 is 0. The summed E-state index contributed by atoms with van der Waals surface area (Å²) in [5.41, 5.74) is 4.79. The molecule has 0 aromatic rings. The van der Waals surface area contributed by atoms with Crippen LogP contribution in [0.15, 0.2) is 0 Å². The fraction of sp³-hybridized carbons (Fsp3) is 0.333. The maximum absolute atomic E-state index is 10.1. The normalized spacial score (nSPS) is 8.22. The zero-order chi connectivity index (χ0) is 7.44. The monoisotopic (exact) mass is 132 g/mol. The summed E-state index contributed by atoms with van der Waals surface area (Å²) >= 11 is 0. The zero-order valence-electron chi connectivity index (χ0n) is 4.92. The lowest BCUT2D eigenvalue weighted by Crippen LogP contribution is -2.42. The molecule has 0 aromatic heterocycles. The summed E-state index contributed by atoms with van der Waals surface area (Å²) in [5.74, 6) is 3.72. The largest absolute Gasteiger partial charge is 0.366 e. The smallest absolute Gasteiger partial charge is 0.331 e. The van der Waals surface area contributed by atoms with Crippen LogP contribution in [0, 0.1) is 5.41 Å². The number of nitrogens with one attached hydrogen (secondary N) is 1. The molecule has 0 heterocycles. The topological polar surface area (TPSA) is 105 Å². The number of hydroxylamine groups is 1. The van der Waals surface area contributed by atoms with Crippen LogP contribution < -0.4 is 11.6 Å². The molecule has 0 rings (SSSR count). The van der Waals surface area contributed by atoms with Crippen molar-refractivity contribution in [2.75, 3.05) is 0 Å². The van der Waals surface area contributed by atoms with E-state index in [0.29, 0.717) is 5.17 Å². The van der Waals surface area contributed by atoms with Gasteiger partial charge in [-0.15, -0.1) is 5.17 Å². The van der Waals surface area contributed by atoms with E-state index in [9.17, 15) is 4.79 Å². The predicted molar refractivity (Wildman–Crippen MR) is 29.7 cm³/mol. The first-order valence-electron chi connectivity index (χ1n) is 2.11. The SMILES string of the molecule is CC(=O)ON(N)C(=N)N. The van der Waals surface area contributed by atoms with Gasteiger partial charge in [0.1, 0.15) is 0 Å². The first-order valence-corrected chi connectivity index (χ1v) is 2.11. The Morgan fingerprint density at radius 2 is 2.22 bits per heavy atom. The van der Waals surface area contributed by atoms with Crippen LogP contribution in [0.2, 0.25) is 0 Å². The second-order valence-electron chi connectivity index (χ2n) is 1.29. The van der Waals surface area contributed by atoms with Gasteiger partial charge in [0.25, 0.3) is 0 Å². The molecule has 0 radical (unpaired) electrons. The Morgan fingerprint density at radius 1 is 1.78 bits per heavy atom. The minimum Gasteiger partial charge on any atom is -0.366 e. The molecular weight excluding hydrogens is 124 g/mol. The third kappa shape index (κ3) is 3.30. The van der Waals surface area contributed by atoms with Gasteiger partial charge >= 0.3 is 5.97 Å². The van der Waals surface area contributed by atoms with Crippen molar-refractivity contribution in [2.24, 2.45) is 11.6 Å². The van der Waals surface area contributed by atoms with Gasteiger partial charge in [0, 0.05) is 6.92 Å². The number of hydrogen-bond donors (Lipinski definition) is 3. The summed E-state index contributed by atoms with van der Waals surface area (Å²) in [6, 6.07) is 0. The van der Waals surface area contributed by atoms with Crippen LogP contribution in [-0.2, 0) is 9.63 Å². The number of nitrogens with zero attached hydrogens (tertiary/aromatic N) is 1. The third-order valence-corrected chi connectivity index (χ3v) is 0.464. The van der Waals surface area contributed by atoms with E-state index in [2.05, 4.69) is 4.84 Å². The fourth-order valence-corrected chi connectivity index (χ4v) is 0.188. The van der Waals surface area contributed by atoms with E-state index in [0.717, 1.165) is 6.92 Å². The molecule has 0 aliphatic carbocycles. The Kier molecular flexibility index (Phi) is 2.46. The highest BCUT2D eigenvalue weighted by Crippen LogP contribution is 1.77. The Hall–Kier alpha value is -1.30. The molecule has 6 nitrogen and oxygen atoms in total. The molecule has 0 spiro atoms. The minimum atomic E-state index is -0.618. The van der Waals surface area contributed by atoms with Crippen LogP contribution >= 0.6 is 0 Å². The fourth-order valence-electron chi connectivity index (χ4n) is 0.188. The number of hydrazine groups is 1. The van der Waals surface area contributed by atoms with Gasteiger partial charge in [0.2, 0.25) is 5.96 Å². The molecule has 0 saturated heterocycles. The molecule has 0 atom stereocenters. The van der Waals surface area contributed by atoms with Gasteiger partial charge in [-0.2, -0.15) is 0 Å². The molecule has 5 N–H and O–H groups in total. The summed E-state index contributed by atoms with van der Waals surface area (Å²) in [6.07, 6.45) is 0. The molecule has 0 saturated carbocycles. The average molecular weight is 132 g/mol. The molecule has 0 aliphatic rings. The number of hydrogen-bond acceptors (Lipinski definition) is 4. The highest BCUT2D eigenvalue weighted by molar-refractivity contribution is 5.75. The summed E-state index contributed by atoms with van der Waals surface area (Å²) in [4.78, 5) is 14.2. The highest BCUT2D eigenvalue weighted by atomic mass is 16.7. The second kappa shape index (κ2) is 2.88. The summed E-state index contributed by atoms with van der Waals surface area (Å²) in [6.45, 7) is 1.16. The molecule has 6 heteroatoms. The molecule has 52 valence electrons. The van der Waals surface area contributed by atoms with Crippen LogP contribution in [0.5, 0.6) is 0 Å². The summed E-state index contributed by atoms with van der Waals surface area (Å²) in [5, 5.41) is 6.97. The molecule has 0 fully saturated rings. The van der Waals surface area contributed by atoms with E-state index in [1.54, 1.807) is 0 Å². The highest BCUT2D eigenvalue weighted by Gasteiger charge is 2.02. The van der Waals surface area contributed by atoms with Crippen LogP contribution in [0.4, 0.5) is 0 Å². The van der Waals surface area contributed by atoms with Crippen molar-refractivity contribution in [3.63, 3.8) is 0 Å². The molecule has 9 heavy (non-hydrogen) atoms. The Morgan fingerprint density at radius 3 is 2.33 bits per heavy atom. The quantitative estimate of drug-likeness (QED) is 0.161. The number of guanidine groups is 1. The average Bonchev–Trinajstić information content (AvgIpc) is 1.63. The van der Waals surface area contributed by atoms with Gasteiger partial charge in [0.15, 0.2) is 0 Å². The van der Waals surface area contributed by atoms with Crippen LogP contribution in [-0.4, -0.2) is 17.1 Å². The van der Waals surface area contributed by atoms with Crippen molar-refractivity contribution in [1.82, 2.24) is 5.17 Å². The molecule has 0 aliphatic heterocycles. The van der Waals surface area contributed by atoms with Crippen LogP contribution in [0.25, 0.3) is 0 Å². The minimum absolute atomic E-state index is 0.377. The first kappa shape index (κ1) is 7.70. The molecule has 0 unspecified atom stereocenters. The lowest BCUT2D eigenvalue weighted by molar-refractivity contribution is -0.171. The molecule has 0 amide bonds. The van der Waals surface area contributed by atoms with E-state index in [1.165, 1.54) is 0 Å². The van der Waals surface area contributed by atoms with Crippen molar-refractivity contribution >= 4 is 11.9 Å². The van der Waals surface area contributed by atoms with E-state index in [1.807, 2.05) is 0 Å². The van der Waals surface area contributed by atoms with Gasteiger partial charge in [-0.1, -0.05) is 0 Å². The van der Waals surface area contributed by atoms with Crippen molar-refractivity contribution in [3.8, 4) is 0 Å². The standard InChI is InChI=1S/C3H8N4O2/c1-2(8)9-7(6)3(4)5/h6H2,1H3,(H3,4,5). The molecular formula is C3H8N4O2. The number of carbonyl (C=O) groups is 1.